The van der Waals surface area contributed by atoms with Gasteiger partial charge in [-0.3, -0.25) is 14.4 Å². The zero-order valence-electron chi connectivity index (χ0n) is 33.3. The summed E-state index contributed by atoms with van der Waals surface area (Å²) in [5.74, 6) is -0.267. The third-order valence-electron chi connectivity index (χ3n) is 14.7. The standard InChI is InChI=1S/C47H57NO7/c1-31-11-10-23-44(4)39(37-21-15-33(27-35(49)18-14-31)28-38(37)40(50)34-16-19-36(54-6)20-17-34)22-24-46(44,53)30-48(29-32-12-8-7-9-13-32)41(51)47-26-25-45(5,42(52)55-47)43(47,2)3/h7-9,11-13,15-17,19-21,28,35,39,49,53H,10,14,18,22-27,29-30H2,1-6H3/t35-,39-,44-,45-,46+,47+/m0/s1. The van der Waals surface area contributed by atoms with E-state index in [0.717, 1.165) is 23.1 Å². The van der Waals surface area contributed by atoms with Crippen molar-refractivity contribution in [3.63, 3.8) is 0 Å². The molecule has 2 N–H and O–H groups in total. The number of carbonyl (C=O) groups is 3. The smallest absolute Gasteiger partial charge is 0.313 e. The van der Waals surface area contributed by atoms with Gasteiger partial charge in [0.1, 0.15) is 5.75 Å². The first kappa shape index (κ1) is 39.0. The van der Waals surface area contributed by atoms with Crippen LogP contribution in [-0.2, 0) is 27.3 Å². The Labute approximate surface area is 325 Å². The molecule has 2 saturated carbocycles. The van der Waals surface area contributed by atoms with Gasteiger partial charge in [-0.1, -0.05) is 74.9 Å². The number of hydrogen-bond acceptors (Lipinski definition) is 7. The Morgan fingerprint density at radius 3 is 2.31 bits per heavy atom. The van der Waals surface area contributed by atoms with Crippen molar-refractivity contribution >= 4 is 17.7 Å². The molecule has 5 aliphatic rings. The SMILES string of the molecule is COc1ccc(C(=O)c2cc3ccc2[C@@H]2CC[C@@](O)(CN(Cc4ccccc4)C(=O)[C@@]45CC[C@@](C)(C(=O)O4)C5(C)C)[C@@]2(C)CCC=C(C)CC[C@H](O)C3)cc1. The predicted molar refractivity (Wildman–Crippen MR) is 212 cm³/mol. The van der Waals surface area contributed by atoms with Crippen LogP contribution in [0.2, 0.25) is 0 Å². The fourth-order valence-corrected chi connectivity index (χ4v) is 10.4. The Kier molecular flexibility index (Phi) is 10.2. The highest BCUT2D eigenvalue weighted by Gasteiger charge is 2.76. The number of carbonyl (C=O) groups excluding carboxylic acids is 3. The van der Waals surface area contributed by atoms with Crippen LogP contribution in [0.3, 0.4) is 0 Å². The lowest BCUT2D eigenvalue weighted by Gasteiger charge is -2.47. The Hall–Kier alpha value is -4.27. The van der Waals surface area contributed by atoms with E-state index in [0.29, 0.717) is 68.2 Å². The first-order chi connectivity index (χ1) is 26.1. The van der Waals surface area contributed by atoms with Crippen LogP contribution in [0.5, 0.6) is 5.75 Å². The molecule has 292 valence electrons. The van der Waals surface area contributed by atoms with Gasteiger partial charge in [-0.15, -0.1) is 0 Å². The Morgan fingerprint density at radius 2 is 1.65 bits per heavy atom. The molecule has 1 amide bonds. The molecule has 1 aliphatic heterocycles. The number of fused-ring (bicyclic) bond motifs is 10. The fraction of sp³-hybridized carbons (Fsp3) is 0.511. The van der Waals surface area contributed by atoms with Crippen molar-refractivity contribution in [1.29, 1.82) is 0 Å². The minimum atomic E-state index is -1.35. The van der Waals surface area contributed by atoms with Gasteiger partial charge in [0, 0.05) is 28.5 Å². The minimum absolute atomic E-state index is 0.0502. The van der Waals surface area contributed by atoms with Crippen LogP contribution in [-0.4, -0.2) is 63.7 Å². The van der Waals surface area contributed by atoms with E-state index in [1.807, 2.05) is 69.3 Å². The van der Waals surface area contributed by atoms with Gasteiger partial charge in [-0.05, 0) is 125 Å². The quantitative estimate of drug-likeness (QED) is 0.136. The topological polar surface area (TPSA) is 113 Å². The maximum Gasteiger partial charge on any atom is 0.313 e. The lowest BCUT2D eigenvalue weighted by atomic mass is 9.64. The highest BCUT2D eigenvalue weighted by Crippen LogP contribution is 2.66. The zero-order valence-corrected chi connectivity index (χ0v) is 33.3. The summed E-state index contributed by atoms with van der Waals surface area (Å²) in [6, 6.07) is 22.9. The lowest BCUT2D eigenvalue weighted by molar-refractivity contribution is -0.178. The van der Waals surface area contributed by atoms with Crippen molar-refractivity contribution in [2.75, 3.05) is 13.7 Å². The van der Waals surface area contributed by atoms with Crippen LogP contribution in [0, 0.1) is 16.2 Å². The molecule has 55 heavy (non-hydrogen) atoms. The van der Waals surface area contributed by atoms with Crippen molar-refractivity contribution in [3.8, 4) is 5.75 Å². The van der Waals surface area contributed by atoms with E-state index in [1.165, 1.54) is 5.57 Å². The second kappa shape index (κ2) is 14.3. The lowest BCUT2D eigenvalue weighted by Crippen LogP contribution is -2.60. The minimum Gasteiger partial charge on any atom is -0.497 e. The molecule has 0 radical (unpaired) electrons. The summed E-state index contributed by atoms with van der Waals surface area (Å²) < 4.78 is 11.5. The van der Waals surface area contributed by atoms with Crippen molar-refractivity contribution in [1.82, 2.24) is 4.90 Å². The average Bonchev–Trinajstić information content (AvgIpc) is 3.60. The van der Waals surface area contributed by atoms with Crippen molar-refractivity contribution in [3.05, 3.63) is 112 Å². The average molecular weight is 748 g/mol. The van der Waals surface area contributed by atoms with Gasteiger partial charge < -0.3 is 24.6 Å². The predicted octanol–water partition coefficient (Wildman–Crippen LogP) is 8.12. The summed E-state index contributed by atoms with van der Waals surface area (Å²) >= 11 is 0. The molecule has 0 aromatic heterocycles. The molecular formula is C47H57NO7. The second-order valence-electron chi connectivity index (χ2n) is 17.8. The van der Waals surface area contributed by atoms with E-state index >= 15 is 4.79 Å². The number of ketones is 1. The number of ether oxygens (including phenoxy) is 2. The normalized spacial score (nSPS) is 31.3. The van der Waals surface area contributed by atoms with E-state index in [2.05, 4.69) is 19.9 Å². The van der Waals surface area contributed by atoms with Crippen LogP contribution in [0.15, 0.2) is 84.4 Å². The number of aliphatic hydroxyl groups excluding tert-OH is 1. The van der Waals surface area contributed by atoms with E-state index < -0.39 is 33.6 Å². The number of nitrogens with zero attached hydrogens (tertiary/aromatic N) is 1. The molecule has 6 atom stereocenters. The molecule has 8 rings (SSSR count). The summed E-state index contributed by atoms with van der Waals surface area (Å²) in [5, 5.41) is 24.3. The van der Waals surface area contributed by atoms with Gasteiger partial charge in [0.05, 0.1) is 30.8 Å². The molecule has 1 saturated heterocycles. The van der Waals surface area contributed by atoms with Crippen molar-refractivity contribution < 1.29 is 34.1 Å². The van der Waals surface area contributed by atoms with E-state index in [4.69, 9.17) is 9.47 Å². The molecule has 0 spiro atoms. The van der Waals surface area contributed by atoms with Gasteiger partial charge in [-0.25, -0.2) is 0 Å². The van der Waals surface area contributed by atoms with Gasteiger partial charge in [0.15, 0.2) is 11.4 Å². The Morgan fingerprint density at radius 1 is 0.927 bits per heavy atom. The third-order valence-corrected chi connectivity index (χ3v) is 14.7. The largest absolute Gasteiger partial charge is 0.497 e. The summed E-state index contributed by atoms with van der Waals surface area (Å²) in [6.45, 7) is 10.4. The number of allylic oxidation sites excluding steroid dienone is 2. The van der Waals surface area contributed by atoms with Gasteiger partial charge >= 0.3 is 5.97 Å². The van der Waals surface area contributed by atoms with E-state index in [-0.39, 0.29) is 36.7 Å². The Bertz CT molecular complexity index is 1990. The summed E-state index contributed by atoms with van der Waals surface area (Å²) in [7, 11) is 1.59. The maximum absolute atomic E-state index is 15.2. The summed E-state index contributed by atoms with van der Waals surface area (Å²) in [4.78, 5) is 44.8. The van der Waals surface area contributed by atoms with Gasteiger partial charge in [0.25, 0.3) is 5.91 Å². The van der Waals surface area contributed by atoms with Crippen LogP contribution < -0.4 is 4.74 Å². The molecule has 4 aliphatic carbocycles. The Balaban J connectivity index is 1.32. The molecule has 8 nitrogen and oxygen atoms in total. The summed E-state index contributed by atoms with van der Waals surface area (Å²) in [6.07, 6.45) is 6.79. The van der Waals surface area contributed by atoms with Gasteiger partial charge in [0.2, 0.25) is 0 Å². The van der Waals surface area contributed by atoms with Gasteiger partial charge in [-0.2, -0.15) is 0 Å². The zero-order chi connectivity index (χ0) is 39.4. The number of benzene rings is 3. The molecule has 3 aromatic carbocycles. The molecule has 8 heteroatoms. The van der Waals surface area contributed by atoms with E-state index in [1.54, 1.807) is 36.3 Å². The molecule has 0 unspecified atom stereocenters. The van der Waals surface area contributed by atoms with Crippen molar-refractivity contribution in [2.24, 2.45) is 16.2 Å². The molecule has 3 aromatic rings. The number of amides is 1. The number of hydrogen-bond donors (Lipinski definition) is 2. The molecular weight excluding hydrogens is 691 g/mol. The number of methoxy groups -OCH3 is 1. The maximum atomic E-state index is 15.2. The second-order valence-corrected chi connectivity index (χ2v) is 17.8. The molecule has 4 bridgehead atoms. The van der Waals surface area contributed by atoms with Crippen LogP contribution in [0.25, 0.3) is 0 Å². The molecule has 1 heterocycles. The van der Waals surface area contributed by atoms with Crippen LogP contribution >= 0.6 is 0 Å². The third kappa shape index (κ3) is 6.43. The van der Waals surface area contributed by atoms with Crippen molar-refractivity contribution in [2.45, 2.75) is 122 Å². The monoisotopic (exact) mass is 747 g/mol. The van der Waals surface area contributed by atoms with Crippen LogP contribution in [0.4, 0.5) is 0 Å². The fourth-order valence-electron chi connectivity index (χ4n) is 10.4. The first-order valence-corrected chi connectivity index (χ1v) is 20.0. The van der Waals surface area contributed by atoms with E-state index in [9.17, 15) is 19.8 Å². The number of rotatable bonds is 8. The number of aliphatic hydroxyl groups is 2. The number of esters is 1. The highest BCUT2D eigenvalue weighted by atomic mass is 16.6. The molecule has 3 fully saturated rings. The summed E-state index contributed by atoms with van der Waals surface area (Å²) in [5.41, 5.74) is 0.0223. The highest BCUT2D eigenvalue weighted by molar-refractivity contribution is 6.10. The van der Waals surface area contributed by atoms with Crippen LogP contribution in [0.1, 0.15) is 125 Å². The first-order valence-electron chi connectivity index (χ1n) is 20.0.